The maximum absolute atomic E-state index is 11.0. The molecule has 3 N–H and O–H groups in total. The van der Waals surface area contributed by atoms with E-state index in [0.717, 1.165) is 12.0 Å². The van der Waals surface area contributed by atoms with E-state index in [0.29, 0.717) is 5.56 Å². The molecule has 1 aromatic rings. The first-order valence-corrected chi connectivity index (χ1v) is 5.15. The molecule has 3 heteroatoms. The van der Waals surface area contributed by atoms with Gasteiger partial charge in [0.2, 0.25) is 0 Å². The van der Waals surface area contributed by atoms with Crippen molar-refractivity contribution in [2.75, 3.05) is 0 Å². The summed E-state index contributed by atoms with van der Waals surface area (Å²) < 4.78 is 0. The zero-order valence-corrected chi connectivity index (χ0v) is 9.10. The molecule has 0 amide bonds. The number of carboxylic acids is 1. The summed E-state index contributed by atoms with van der Waals surface area (Å²) in [5.41, 5.74) is 7.06. The maximum atomic E-state index is 11.0. The van der Waals surface area contributed by atoms with Crippen LogP contribution in [0.3, 0.4) is 0 Å². The standard InChI is InChI=1S/C12H17NO2/c1-3-8(2)11(13)9-6-4-5-7-10(9)12(14)15/h4-8,11H,3,13H2,1-2H3,(H,14,15)/t8?,11-/m0/s1. The van der Waals surface area contributed by atoms with E-state index in [9.17, 15) is 4.79 Å². The smallest absolute Gasteiger partial charge is 0.336 e. The number of carboxylic acid groups (broad SMARTS) is 1. The van der Waals surface area contributed by atoms with Crippen molar-refractivity contribution in [1.29, 1.82) is 0 Å². The van der Waals surface area contributed by atoms with E-state index in [1.807, 2.05) is 19.9 Å². The molecular weight excluding hydrogens is 190 g/mol. The van der Waals surface area contributed by atoms with Crippen molar-refractivity contribution in [3.63, 3.8) is 0 Å². The van der Waals surface area contributed by atoms with Crippen molar-refractivity contribution in [3.8, 4) is 0 Å². The zero-order chi connectivity index (χ0) is 11.4. The molecule has 15 heavy (non-hydrogen) atoms. The van der Waals surface area contributed by atoms with Crippen LogP contribution in [0.4, 0.5) is 0 Å². The van der Waals surface area contributed by atoms with Crippen LogP contribution in [-0.4, -0.2) is 11.1 Å². The summed E-state index contributed by atoms with van der Waals surface area (Å²) in [6, 6.07) is 6.72. The molecule has 0 aliphatic carbocycles. The van der Waals surface area contributed by atoms with Crippen molar-refractivity contribution in [1.82, 2.24) is 0 Å². The van der Waals surface area contributed by atoms with Crippen molar-refractivity contribution < 1.29 is 9.90 Å². The van der Waals surface area contributed by atoms with Crippen LogP contribution in [0.5, 0.6) is 0 Å². The van der Waals surface area contributed by atoms with E-state index >= 15 is 0 Å². The van der Waals surface area contributed by atoms with E-state index in [1.54, 1.807) is 18.2 Å². The Bertz CT molecular complexity index is 349. The first-order valence-electron chi connectivity index (χ1n) is 5.15. The molecule has 2 atom stereocenters. The predicted molar refractivity (Wildman–Crippen MR) is 59.8 cm³/mol. The fourth-order valence-electron chi connectivity index (χ4n) is 1.54. The number of nitrogens with two attached hydrogens (primary N) is 1. The van der Waals surface area contributed by atoms with Gasteiger partial charge >= 0.3 is 5.97 Å². The van der Waals surface area contributed by atoms with E-state index < -0.39 is 5.97 Å². The van der Waals surface area contributed by atoms with Gasteiger partial charge in [-0.2, -0.15) is 0 Å². The number of aromatic carboxylic acids is 1. The highest BCUT2D eigenvalue weighted by Crippen LogP contribution is 2.24. The van der Waals surface area contributed by atoms with E-state index in [2.05, 4.69) is 0 Å². The fraction of sp³-hybridized carbons (Fsp3) is 0.417. The van der Waals surface area contributed by atoms with Crippen LogP contribution in [0.25, 0.3) is 0 Å². The highest BCUT2D eigenvalue weighted by Gasteiger charge is 2.18. The van der Waals surface area contributed by atoms with Crippen molar-refractivity contribution >= 4 is 5.97 Å². The summed E-state index contributed by atoms with van der Waals surface area (Å²) in [5.74, 6) is -0.630. The molecule has 1 aromatic carbocycles. The molecule has 0 heterocycles. The predicted octanol–water partition coefficient (Wildman–Crippen LogP) is 2.43. The SMILES string of the molecule is CCC(C)[C@H](N)c1ccccc1C(=O)O. The molecule has 0 radical (unpaired) electrons. The lowest BCUT2D eigenvalue weighted by Gasteiger charge is -2.20. The largest absolute Gasteiger partial charge is 0.478 e. The Morgan fingerprint density at radius 3 is 2.60 bits per heavy atom. The minimum Gasteiger partial charge on any atom is -0.478 e. The number of rotatable bonds is 4. The van der Waals surface area contributed by atoms with Crippen molar-refractivity contribution in [3.05, 3.63) is 35.4 Å². The highest BCUT2D eigenvalue weighted by molar-refractivity contribution is 5.89. The van der Waals surface area contributed by atoms with Gasteiger partial charge in [0.05, 0.1) is 5.56 Å². The zero-order valence-electron chi connectivity index (χ0n) is 9.10. The molecule has 0 fully saturated rings. The van der Waals surface area contributed by atoms with Gasteiger partial charge in [0.15, 0.2) is 0 Å². The molecule has 3 nitrogen and oxygen atoms in total. The van der Waals surface area contributed by atoms with Gasteiger partial charge in [0.25, 0.3) is 0 Å². The lowest BCUT2D eigenvalue weighted by atomic mass is 9.90. The van der Waals surface area contributed by atoms with Crippen LogP contribution in [0, 0.1) is 5.92 Å². The molecule has 1 unspecified atom stereocenters. The Morgan fingerprint density at radius 1 is 1.47 bits per heavy atom. The number of carbonyl (C=O) groups is 1. The number of hydrogen-bond acceptors (Lipinski definition) is 2. The van der Waals surface area contributed by atoms with Crippen LogP contribution in [0.1, 0.15) is 42.2 Å². The molecule has 0 spiro atoms. The Labute approximate surface area is 89.9 Å². The van der Waals surface area contributed by atoms with Crippen LogP contribution < -0.4 is 5.73 Å². The summed E-state index contributed by atoms with van der Waals surface area (Å²) in [6.45, 7) is 4.08. The van der Waals surface area contributed by atoms with Gasteiger partial charge in [-0.1, -0.05) is 38.5 Å². The second-order valence-corrected chi connectivity index (χ2v) is 3.80. The minimum absolute atomic E-state index is 0.206. The molecule has 0 aliphatic heterocycles. The summed E-state index contributed by atoms with van der Waals surface area (Å²) in [7, 11) is 0. The van der Waals surface area contributed by atoms with E-state index in [4.69, 9.17) is 10.8 Å². The average molecular weight is 207 g/mol. The summed E-state index contributed by atoms with van der Waals surface area (Å²) in [5, 5.41) is 9.01. The molecule has 1 rings (SSSR count). The molecule has 0 aromatic heterocycles. The van der Waals surface area contributed by atoms with Gasteiger partial charge in [-0.3, -0.25) is 0 Å². The van der Waals surface area contributed by atoms with Gasteiger partial charge in [-0.05, 0) is 17.5 Å². The number of benzene rings is 1. The van der Waals surface area contributed by atoms with Gasteiger partial charge in [0, 0.05) is 6.04 Å². The fourth-order valence-corrected chi connectivity index (χ4v) is 1.54. The maximum Gasteiger partial charge on any atom is 0.336 e. The van der Waals surface area contributed by atoms with Gasteiger partial charge in [0.1, 0.15) is 0 Å². The quantitative estimate of drug-likeness (QED) is 0.797. The Kier molecular flexibility index (Phi) is 3.86. The van der Waals surface area contributed by atoms with Gasteiger partial charge in [-0.15, -0.1) is 0 Å². The summed E-state index contributed by atoms with van der Waals surface area (Å²) in [4.78, 5) is 11.0. The van der Waals surface area contributed by atoms with Gasteiger partial charge in [-0.25, -0.2) is 4.79 Å². The molecule has 0 saturated heterocycles. The minimum atomic E-state index is -0.913. The molecule has 0 saturated carbocycles. The first kappa shape index (κ1) is 11.7. The van der Waals surface area contributed by atoms with E-state index in [1.165, 1.54) is 0 Å². The summed E-state index contributed by atoms with van der Waals surface area (Å²) >= 11 is 0. The summed E-state index contributed by atoms with van der Waals surface area (Å²) in [6.07, 6.45) is 0.940. The molecule has 0 aliphatic rings. The van der Waals surface area contributed by atoms with Crippen LogP contribution >= 0.6 is 0 Å². The second kappa shape index (κ2) is 4.94. The Balaban J connectivity index is 3.07. The lowest BCUT2D eigenvalue weighted by Crippen LogP contribution is -2.21. The topological polar surface area (TPSA) is 63.3 Å². The van der Waals surface area contributed by atoms with Crippen molar-refractivity contribution in [2.45, 2.75) is 26.3 Å². The molecule has 82 valence electrons. The Hall–Kier alpha value is -1.35. The third-order valence-electron chi connectivity index (χ3n) is 2.81. The van der Waals surface area contributed by atoms with Crippen LogP contribution in [-0.2, 0) is 0 Å². The van der Waals surface area contributed by atoms with Gasteiger partial charge < -0.3 is 10.8 Å². The molecular formula is C12H17NO2. The molecule has 0 bridgehead atoms. The van der Waals surface area contributed by atoms with E-state index in [-0.39, 0.29) is 12.0 Å². The second-order valence-electron chi connectivity index (χ2n) is 3.80. The van der Waals surface area contributed by atoms with Crippen LogP contribution in [0.15, 0.2) is 24.3 Å². The number of hydrogen-bond donors (Lipinski definition) is 2. The normalized spacial score (nSPS) is 14.6. The van der Waals surface area contributed by atoms with Crippen molar-refractivity contribution in [2.24, 2.45) is 11.7 Å². The average Bonchev–Trinajstić information content (AvgIpc) is 2.27. The third-order valence-corrected chi connectivity index (χ3v) is 2.81. The monoisotopic (exact) mass is 207 g/mol. The first-order chi connectivity index (χ1) is 7.07. The highest BCUT2D eigenvalue weighted by atomic mass is 16.4. The van der Waals surface area contributed by atoms with Crippen LogP contribution in [0.2, 0.25) is 0 Å². The lowest BCUT2D eigenvalue weighted by molar-refractivity contribution is 0.0694. The Morgan fingerprint density at radius 2 is 2.07 bits per heavy atom. The third kappa shape index (κ3) is 2.57.